The predicted octanol–water partition coefficient (Wildman–Crippen LogP) is 2.93. The van der Waals surface area contributed by atoms with Gasteiger partial charge in [-0.1, -0.05) is 32.6 Å². The first-order chi connectivity index (χ1) is 9.09. The number of nitrogens with two attached hydrogens (primary N) is 1. The van der Waals surface area contributed by atoms with Crippen molar-refractivity contribution in [3.8, 4) is 0 Å². The molecule has 0 radical (unpaired) electrons. The Morgan fingerprint density at radius 3 is 2.42 bits per heavy atom. The second kappa shape index (κ2) is 6.74. The van der Waals surface area contributed by atoms with Gasteiger partial charge in [-0.15, -0.1) is 0 Å². The van der Waals surface area contributed by atoms with Crippen molar-refractivity contribution in [2.75, 3.05) is 7.05 Å². The van der Waals surface area contributed by atoms with Crippen molar-refractivity contribution in [2.45, 2.75) is 76.8 Å². The van der Waals surface area contributed by atoms with Crippen LogP contribution in [0.25, 0.3) is 0 Å². The third kappa shape index (κ3) is 3.71. The van der Waals surface area contributed by atoms with Gasteiger partial charge in [0, 0.05) is 25.0 Å². The molecule has 3 unspecified atom stereocenters. The number of hydrogen-bond donors (Lipinski definition) is 1. The summed E-state index contributed by atoms with van der Waals surface area (Å²) in [4.78, 5) is 14.7. The maximum Gasteiger partial charge on any atom is 0.225 e. The lowest BCUT2D eigenvalue weighted by molar-refractivity contribution is -0.138. The molecule has 2 rings (SSSR count). The van der Waals surface area contributed by atoms with E-state index >= 15 is 0 Å². The van der Waals surface area contributed by atoms with Gasteiger partial charge in [-0.05, 0) is 38.0 Å². The topological polar surface area (TPSA) is 46.3 Å². The fraction of sp³-hybridized carbons (Fsp3) is 0.938. The van der Waals surface area contributed by atoms with E-state index in [1.54, 1.807) is 0 Å². The van der Waals surface area contributed by atoms with Gasteiger partial charge in [0.25, 0.3) is 0 Å². The lowest BCUT2D eigenvalue weighted by Crippen LogP contribution is -2.44. The van der Waals surface area contributed by atoms with Crippen molar-refractivity contribution < 1.29 is 4.79 Å². The Morgan fingerprint density at radius 2 is 1.79 bits per heavy atom. The van der Waals surface area contributed by atoms with Crippen molar-refractivity contribution in [1.29, 1.82) is 0 Å². The second-order valence-corrected chi connectivity index (χ2v) is 6.72. The van der Waals surface area contributed by atoms with Crippen LogP contribution in [0.1, 0.15) is 64.7 Å². The SMILES string of the molecule is CC(C(=O)N(C)C1CCCCC1)C1CCCC(N)C1. The van der Waals surface area contributed by atoms with Crippen LogP contribution >= 0.6 is 0 Å². The summed E-state index contributed by atoms with van der Waals surface area (Å²) in [7, 11) is 2.01. The fourth-order valence-electron chi connectivity index (χ4n) is 3.89. The van der Waals surface area contributed by atoms with E-state index in [9.17, 15) is 4.79 Å². The van der Waals surface area contributed by atoms with Crippen LogP contribution in [0.4, 0.5) is 0 Å². The van der Waals surface area contributed by atoms with Gasteiger partial charge in [-0.25, -0.2) is 0 Å². The molecular weight excluding hydrogens is 236 g/mol. The standard InChI is InChI=1S/C16H30N2O/c1-12(13-7-6-8-14(17)11-13)16(19)18(2)15-9-4-3-5-10-15/h12-15H,3-11,17H2,1-2H3. The number of carbonyl (C=O) groups is 1. The number of hydrogen-bond acceptors (Lipinski definition) is 2. The van der Waals surface area contributed by atoms with Gasteiger partial charge in [0.1, 0.15) is 0 Å². The van der Waals surface area contributed by atoms with Crippen LogP contribution in [0, 0.1) is 11.8 Å². The molecule has 0 saturated heterocycles. The van der Waals surface area contributed by atoms with E-state index in [0.717, 1.165) is 12.8 Å². The molecule has 2 N–H and O–H groups in total. The molecule has 2 aliphatic rings. The number of carbonyl (C=O) groups excluding carboxylic acids is 1. The highest BCUT2D eigenvalue weighted by molar-refractivity contribution is 5.78. The van der Waals surface area contributed by atoms with Crippen LogP contribution in [0.5, 0.6) is 0 Å². The van der Waals surface area contributed by atoms with Crippen LogP contribution < -0.4 is 5.73 Å². The van der Waals surface area contributed by atoms with Gasteiger partial charge in [0.15, 0.2) is 0 Å². The maximum absolute atomic E-state index is 12.6. The van der Waals surface area contributed by atoms with Gasteiger partial charge in [0.05, 0.1) is 0 Å². The lowest BCUT2D eigenvalue weighted by Gasteiger charge is -2.36. The minimum atomic E-state index is 0.151. The Morgan fingerprint density at radius 1 is 1.11 bits per heavy atom. The molecule has 0 aromatic rings. The Labute approximate surface area is 117 Å². The third-order valence-electron chi connectivity index (χ3n) is 5.32. The molecule has 0 bridgehead atoms. The van der Waals surface area contributed by atoms with Crippen molar-refractivity contribution in [1.82, 2.24) is 4.90 Å². The zero-order valence-electron chi connectivity index (χ0n) is 12.6. The van der Waals surface area contributed by atoms with Gasteiger partial charge in [-0.2, -0.15) is 0 Å². The summed E-state index contributed by atoms with van der Waals surface area (Å²) in [5, 5.41) is 0. The first kappa shape index (κ1) is 14.8. The summed E-state index contributed by atoms with van der Waals surface area (Å²) in [6.45, 7) is 2.12. The zero-order chi connectivity index (χ0) is 13.8. The largest absolute Gasteiger partial charge is 0.343 e. The molecule has 2 aliphatic carbocycles. The molecule has 2 fully saturated rings. The van der Waals surface area contributed by atoms with E-state index in [-0.39, 0.29) is 5.92 Å². The van der Waals surface area contributed by atoms with Crippen molar-refractivity contribution >= 4 is 5.91 Å². The monoisotopic (exact) mass is 266 g/mol. The third-order valence-corrected chi connectivity index (χ3v) is 5.32. The summed E-state index contributed by atoms with van der Waals surface area (Å²) in [6, 6.07) is 0.801. The molecule has 2 saturated carbocycles. The first-order valence-electron chi connectivity index (χ1n) is 8.12. The van der Waals surface area contributed by atoms with Crippen molar-refractivity contribution in [2.24, 2.45) is 17.6 Å². The molecule has 3 atom stereocenters. The summed E-state index contributed by atoms with van der Waals surface area (Å²) in [6.07, 6.45) is 10.8. The smallest absolute Gasteiger partial charge is 0.225 e. The maximum atomic E-state index is 12.6. The summed E-state index contributed by atoms with van der Waals surface area (Å²) < 4.78 is 0. The van der Waals surface area contributed by atoms with Crippen LogP contribution in [0.2, 0.25) is 0 Å². The summed E-state index contributed by atoms with van der Waals surface area (Å²) in [5.41, 5.74) is 6.06. The van der Waals surface area contributed by atoms with Crippen LogP contribution in [-0.4, -0.2) is 29.9 Å². The number of rotatable bonds is 3. The highest BCUT2D eigenvalue weighted by Gasteiger charge is 2.32. The highest BCUT2D eigenvalue weighted by Crippen LogP contribution is 2.31. The van der Waals surface area contributed by atoms with Crippen molar-refractivity contribution in [3.05, 3.63) is 0 Å². The normalized spacial score (nSPS) is 30.9. The quantitative estimate of drug-likeness (QED) is 0.853. The van der Waals surface area contributed by atoms with E-state index in [2.05, 4.69) is 6.92 Å². The molecule has 0 aromatic heterocycles. The molecule has 3 nitrogen and oxygen atoms in total. The molecule has 0 aliphatic heterocycles. The summed E-state index contributed by atoms with van der Waals surface area (Å²) >= 11 is 0. The molecule has 3 heteroatoms. The Kier molecular flexibility index (Phi) is 5.26. The van der Waals surface area contributed by atoms with Gasteiger partial charge >= 0.3 is 0 Å². The molecule has 1 amide bonds. The van der Waals surface area contributed by atoms with E-state index in [0.29, 0.717) is 23.9 Å². The molecule has 110 valence electrons. The molecule has 0 heterocycles. The zero-order valence-corrected chi connectivity index (χ0v) is 12.6. The molecule has 0 spiro atoms. The lowest BCUT2D eigenvalue weighted by atomic mass is 9.78. The molecule has 0 aromatic carbocycles. The minimum absolute atomic E-state index is 0.151. The Balaban J connectivity index is 1.89. The second-order valence-electron chi connectivity index (χ2n) is 6.72. The number of amides is 1. The van der Waals surface area contributed by atoms with Gasteiger partial charge in [0.2, 0.25) is 5.91 Å². The van der Waals surface area contributed by atoms with Crippen molar-refractivity contribution in [3.63, 3.8) is 0 Å². The van der Waals surface area contributed by atoms with Crippen LogP contribution in [0.15, 0.2) is 0 Å². The average Bonchev–Trinajstić information content (AvgIpc) is 2.46. The van der Waals surface area contributed by atoms with Gasteiger partial charge in [-0.3, -0.25) is 4.79 Å². The minimum Gasteiger partial charge on any atom is -0.343 e. The van der Waals surface area contributed by atoms with E-state index in [1.807, 2.05) is 11.9 Å². The average molecular weight is 266 g/mol. The Bertz CT molecular complexity index is 299. The molecular formula is C16H30N2O. The van der Waals surface area contributed by atoms with Crippen LogP contribution in [-0.2, 0) is 4.79 Å². The van der Waals surface area contributed by atoms with E-state index in [1.165, 1.54) is 44.9 Å². The first-order valence-corrected chi connectivity index (χ1v) is 8.12. The van der Waals surface area contributed by atoms with Gasteiger partial charge < -0.3 is 10.6 Å². The van der Waals surface area contributed by atoms with E-state index in [4.69, 9.17) is 5.73 Å². The highest BCUT2D eigenvalue weighted by atomic mass is 16.2. The molecule has 19 heavy (non-hydrogen) atoms. The number of nitrogens with zero attached hydrogens (tertiary/aromatic N) is 1. The summed E-state index contributed by atoms with van der Waals surface area (Å²) in [5.74, 6) is 1.01. The fourth-order valence-corrected chi connectivity index (χ4v) is 3.89. The Hall–Kier alpha value is -0.570. The van der Waals surface area contributed by atoms with E-state index < -0.39 is 0 Å². The predicted molar refractivity (Wildman–Crippen MR) is 78.7 cm³/mol. The van der Waals surface area contributed by atoms with Crippen LogP contribution in [0.3, 0.4) is 0 Å².